The zero-order valence-electron chi connectivity index (χ0n) is 17.8. The lowest BCUT2D eigenvalue weighted by Gasteiger charge is -2.32. The molecule has 1 aliphatic heterocycles. The van der Waals surface area contributed by atoms with Crippen LogP contribution < -0.4 is 15.8 Å². The molecule has 1 aliphatic rings. The van der Waals surface area contributed by atoms with Crippen LogP contribution in [0.1, 0.15) is 47.3 Å². The zero-order chi connectivity index (χ0) is 23.8. The maximum Gasteiger partial charge on any atom is 0.337 e. The van der Waals surface area contributed by atoms with Crippen molar-refractivity contribution in [2.75, 3.05) is 23.3 Å². The minimum Gasteiger partial charge on any atom is -0.478 e. The molecule has 0 saturated carbocycles. The molecule has 0 bridgehead atoms. The van der Waals surface area contributed by atoms with E-state index in [1.807, 2.05) is 6.07 Å². The Bertz CT molecular complexity index is 1320. The van der Waals surface area contributed by atoms with Crippen molar-refractivity contribution in [1.29, 1.82) is 5.26 Å². The molecule has 3 heterocycles. The molecule has 33 heavy (non-hydrogen) atoms. The van der Waals surface area contributed by atoms with Gasteiger partial charge in [0.15, 0.2) is 0 Å². The van der Waals surface area contributed by atoms with Crippen molar-refractivity contribution in [2.24, 2.45) is 0 Å². The second-order valence-corrected chi connectivity index (χ2v) is 8.00. The molecule has 1 fully saturated rings. The first kappa shape index (κ1) is 22.2. The number of fused-ring (bicyclic) bond motifs is 1. The Labute approximate surface area is 187 Å². The SMILES string of the molecule is C[C@H](Nc1ccccc1C(=O)O)c1cc(C#N)cn2c(=O)cc(N3CCC(F)(F)CC3)nc12. The predicted molar refractivity (Wildman–Crippen MR) is 118 cm³/mol. The van der Waals surface area contributed by atoms with E-state index in [9.17, 15) is 28.7 Å². The number of benzene rings is 1. The summed E-state index contributed by atoms with van der Waals surface area (Å²) in [5.74, 6) is -3.54. The summed E-state index contributed by atoms with van der Waals surface area (Å²) in [5.41, 5.74) is 0.993. The molecule has 0 radical (unpaired) electrons. The van der Waals surface area contributed by atoms with E-state index in [1.165, 1.54) is 22.7 Å². The summed E-state index contributed by atoms with van der Waals surface area (Å²) < 4.78 is 28.4. The monoisotopic (exact) mass is 453 g/mol. The Morgan fingerprint density at radius 2 is 1.97 bits per heavy atom. The number of para-hydroxylation sites is 1. The highest BCUT2D eigenvalue weighted by molar-refractivity contribution is 5.94. The van der Waals surface area contributed by atoms with E-state index in [1.54, 1.807) is 36.1 Å². The quantitative estimate of drug-likeness (QED) is 0.606. The number of piperidine rings is 1. The summed E-state index contributed by atoms with van der Waals surface area (Å²) >= 11 is 0. The Hall–Kier alpha value is -4.00. The molecule has 3 aromatic rings. The van der Waals surface area contributed by atoms with Gasteiger partial charge in [0.1, 0.15) is 17.5 Å². The van der Waals surface area contributed by atoms with Crippen LogP contribution in [-0.4, -0.2) is 39.5 Å². The minimum atomic E-state index is -2.73. The first-order valence-corrected chi connectivity index (χ1v) is 10.4. The lowest BCUT2D eigenvalue weighted by atomic mass is 10.1. The summed E-state index contributed by atoms with van der Waals surface area (Å²) in [4.78, 5) is 30.7. The van der Waals surface area contributed by atoms with Crippen LogP contribution in [0.15, 0.2) is 47.4 Å². The van der Waals surface area contributed by atoms with E-state index in [2.05, 4.69) is 10.3 Å². The van der Waals surface area contributed by atoms with Gasteiger partial charge in [0.05, 0.1) is 17.2 Å². The number of hydrogen-bond donors (Lipinski definition) is 2. The number of nitriles is 1. The van der Waals surface area contributed by atoms with Gasteiger partial charge in [0, 0.05) is 49.4 Å². The second kappa shape index (κ2) is 8.50. The number of pyridine rings is 1. The van der Waals surface area contributed by atoms with Crippen molar-refractivity contribution in [2.45, 2.75) is 31.7 Å². The third-order valence-corrected chi connectivity index (χ3v) is 5.72. The van der Waals surface area contributed by atoms with Crippen molar-refractivity contribution in [1.82, 2.24) is 9.38 Å². The number of hydrogen-bond acceptors (Lipinski definition) is 6. The molecule has 2 N–H and O–H groups in total. The van der Waals surface area contributed by atoms with E-state index in [4.69, 9.17) is 0 Å². The first-order chi connectivity index (χ1) is 15.7. The van der Waals surface area contributed by atoms with Gasteiger partial charge in [-0.2, -0.15) is 5.26 Å². The Kier molecular flexibility index (Phi) is 5.72. The van der Waals surface area contributed by atoms with Crippen LogP contribution in [0.3, 0.4) is 0 Å². The number of halogens is 2. The number of aromatic nitrogens is 2. The molecule has 2 aromatic heterocycles. The van der Waals surface area contributed by atoms with Crippen molar-refractivity contribution in [3.05, 3.63) is 69.6 Å². The molecule has 0 unspecified atom stereocenters. The number of carboxylic acids is 1. The van der Waals surface area contributed by atoms with Crippen LogP contribution in [0.5, 0.6) is 0 Å². The summed E-state index contributed by atoms with van der Waals surface area (Å²) in [7, 11) is 0. The molecule has 1 aromatic carbocycles. The van der Waals surface area contributed by atoms with E-state index < -0.39 is 23.5 Å². The molecule has 10 heteroatoms. The van der Waals surface area contributed by atoms with Crippen LogP contribution in [0, 0.1) is 11.3 Å². The van der Waals surface area contributed by atoms with Crippen LogP contribution in [0.25, 0.3) is 5.65 Å². The van der Waals surface area contributed by atoms with Crippen LogP contribution >= 0.6 is 0 Å². The smallest absolute Gasteiger partial charge is 0.337 e. The first-order valence-electron chi connectivity index (χ1n) is 10.4. The predicted octanol–water partition coefficient (Wildman–Crippen LogP) is 3.67. The average molecular weight is 453 g/mol. The van der Waals surface area contributed by atoms with E-state index in [0.717, 1.165) is 0 Å². The van der Waals surface area contributed by atoms with Crippen LogP contribution in [0.2, 0.25) is 0 Å². The summed E-state index contributed by atoms with van der Waals surface area (Å²) in [6.45, 7) is 1.90. The Balaban J connectivity index is 1.78. The summed E-state index contributed by atoms with van der Waals surface area (Å²) in [6.07, 6.45) is 0.733. The van der Waals surface area contributed by atoms with Gasteiger partial charge in [-0.05, 0) is 25.1 Å². The van der Waals surface area contributed by atoms with E-state index in [-0.39, 0.29) is 42.7 Å². The van der Waals surface area contributed by atoms with Gasteiger partial charge in [-0.3, -0.25) is 9.20 Å². The largest absolute Gasteiger partial charge is 0.478 e. The van der Waals surface area contributed by atoms with Crippen molar-refractivity contribution < 1.29 is 18.7 Å². The number of carboxylic acid groups (broad SMARTS) is 1. The standard InChI is InChI=1S/C23H21F2N5O3/c1-14(27-18-5-3-2-4-16(18)22(32)33)17-10-15(12-26)13-30-20(31)11-19(28-21(17)30)29-8-6-23(24,25)7-9-29/h2-5,10-11,13-14,27H,6-9H2,1H3,(H,32,33)/t14-/m0/s1. The van der Waals surface area contributed by atoms with Crippen LogP contribution in [0.4, 0.5) is 20.3 Å². The fourth-order valence-electron chi connectivity index (χ4n) is 3.93. The molecule has 4 rings (SSSR count). The summed E-state index contributed by atoms with van der Waals surface area (Å²) in [5, 5.41) is 22.0. The number of carbonyl (C=O) groups is 1. The average Bonchev–Trinajstić information content (AvgIpc) is 2.78. The second-order valence-electron chi connectivity index (χ2n) is 8.00. The molecule has 1 saturated heterocycles. The van der Waals surface area contributed by atoms with Gasteiger partial charge < -0.3 is 15.3 Å². The topological polar surface area (TPSA) is 111 Å². The molecule has 1 atom stereocenters. The molecule has 0 spiro atoms. The lowest BCUT2D eigenvalue weighted by Crippen LogP contribution is -2.40. The van der Waals surface area contributed by atoms with Gasteiger partial charge in [0.25, 0.3) is 11.5 Å². The Morgan fingerprint density at radius 3 is 2.64 bits per heavy atom. The van der Waals surface area contributed by atoms with Crippen molar-refractivity contribution >= 4 is 23.1 Å². The normalized spacial score (nSPS) is 16.2. The molecule has 0 amide bonds. The highest BCUT2D eigenvalue weighted by Crippen LogP contribution is 2.30. The highest BCUT2D eigenvalue weighted by Gasteiger charge is 2.34. The number of aromatic carboxylic acids is 1. The maximum atomic E-state index is 13.6. The highest BCUT2D eigenvalue weighted by atomic mass is 19.3. The third-order valence-electron chi connectivity index (χ3n) is 5.72. The molecular formula is C23H21F2N5O3. The van der Waals surface area contributed by atoms with Gasteiger partial charge >= 0.3 is 5.97 Å². The fraction of sp³-hybridized carbons (Fsp3) is 0.304. The van der Waals surface area contributed by atoms with Gasteiger partial charge in [0.2, 0.25) is 0 Å². The number of rotatable bonds is 5. The zero-order valence-corrected chi connectivity index (χ0v) is 17.8. The number of alkyl halides is 2. The maximum absolute atomic E-state index is 13.6. The van der Waals surface area contributed by atoms with Crippen LogP contribution in [-0.2, 0) is 0 Å². The third kappa shape index (κ3) is 4.48. The van der Waals surface area contributed by atoms with Crippen molar-refractivity contribution in [3.63, 3.8) is 0 Å². The van der Waals surface area contributed by atoms with Crippen molar-refractivity contribution in [3.8, 4) is 6.07 Å². The molecule has 8 nitrogen and oxygen atoms in total. The molecule has 0 aliphatic carbocycles. The van der Waals surface area contributed by atoms with Gasteiger partial charge in [-0.1, -0.05) is 12.1 Å². The summed E-state index contributed by atoms with van der Waals surface area (Å²) in [6, 6.07) is 10.7. The van der Waals surface area contributed by atoms with E-state index in [0.29, 0.717) is 17.1 Å². The van der Waals surface area contributed by atoms with Gasteiger partial charge in [-0.15, -0.1) is 0 Å². The Morgan fingerprint density at radius 1 is 1.27 bits per heavy atom. The van der Waals surface area contributed by atoms with E-state index >= 15 is 0 Å². The lowest BCUT2D eigenvalue weighted by molar-refractivity contribution is -0.0221. The van der Waals surface area contributed by atoms with Gasteiger partial charge in [-0.25, -0.2) is 18.6 Å². The fourth-order valence-corrected chi connectivity index (χ4v) is 3.93. The number of nitrogens with one attached hydrogen (secondary N) is 1. The molecular weight excluding hydrogens is 432 g/mol. The number of nitrogens with zero attached hydrogens (tertiary/aromatic N) is 4. The minimum absolute atomic E-state index is 0.0705. The number of anilines is 2. The molecule has 170 valence electrons.